The molecule has 0 amide bonds. The van der Waals surface area contributed by atoms with Crippen molar-refractivity contribution in [1.82, 2.24) is 10.4 Å². The Hall–Kier alpha value is -3.81. The molecule has 3 rings (SSSR count). The molecule has 0 radical (unpaired) electrons. The minimum Gasteiger partial charge on any atom is -0.497 e. The van der Waals surface area contributed by atoms with Crippen LogP contribution in [0.1, 0.15) is 31.0 Å². The van der Waals surface area contributed by atoms with Gasteiger partial charge in [-0.3, -0.25) is 20.5 Å². The van der Waals surface area contributed by atoms with Gasteiger partial charge in [0.15, 0.2) is 0 Å². The van der Waals surface area contributed by atoms with Gasteiger partial charge >= 0.3 is 5.97 Å². The molecule has 1 N–H and O–H groups in total. The summed E-state index contributed by atoms with van der Waals surface area (Å²) < 4.78 is 10.2. The van der Waals surface area contributed by atoms with Gasteiger partial charge in [-0.2, -0.15) is 0 Å². The molecule has 0 saturated heterocycles. The van der Waals surface area contributed by atoms with Gasteiger partial charge in [-0.25, -0.2) is 4.79 Å². The van der Waals surface area contributed by atoms with E-state index in [9.17, 15) is 14.9 Å². The van der Waals surface area contributed by atoms with Gasteiger partial charge in [-0.05, 0) is 37.6 Å². The number of rotatable bonds is 7. The van der Waals surface area contributed by atoms with E-state index in [1.165, 1.54) is 18.2 Å². The van der Waals surface area contributed by atoms with Crippen LogP contribution >= 0.6 is 0 Å². The molecule has 8 heteroatoms. The molecule has 1 aliphatic rings. The van der Waals surface area contributed by atoms with Crippen molar-refractivity contribution < 1.29 is 19.2 Å². The summed E-state index contributed by atoms with van der Waals surface area (Å²) >= 11 is 0. The third kappa shape index (κ3) is 4.60. The first-order chi connectivity index (χ1) is 14.4. The molecule has 30 heavy (non-hydrogen) atoms. The molecule has 0 aliphatic carbocycles. The highest BCUT2D eigenvalue weighted by Gasteiger charge is 2.28. The minimum atomic E-state index is -0.436. The summed E-state index contributed by atoms with van der Waals surface area (Å²) in [7, 11) is 1.60. The van der Waals surface area contributed by atoms with Crippen LogP contribution in [0.25, 0.3) is 5.70 Å². The van der Waals surface area contributed by atoms with Crippen LogP contribution in [0.15, 0.2) is 66.4 Å². The average molecular weight is 409 g/mol. The Morgan fingerprint density at radius 1 is 1.27 bits per heavy atom. The Morgan fingerprint density at radius 3 is 2.63 bits per heavy atom. The number of methoxy groups -OCH3 is 1. The topological polar surface area (TPSA) is 93.9 Å². The summed E-state index contributed by atoms with van der Waals surface area (Å²) in [5.41, 5.74) is 6.25. The lowest BCUT2D eigenvalue weighted by Gasteiger charge is -2.28. The number of non-ortho nitro benzene ring substituents is 1. The van der Waals surface area contributed by atoms with Crippen molar-refractivity contribution in [2.24, 2.45) is 0 Å². The zero-order valence-electron chi connectivity index (χ0n) is 17.0. The first-order valence-corrected chi connectivity index (χ1v) is 9.44. The third-order valence-corrected chi connectivity index (χ3v) is 4.66. The summed E-state index contributed by atoms with van der Waals surface area (Å²) in [5.74, 6) is 0.298. The smallest absolute Gasteiger partial charge is 0.332 e. The van der Waals surface area contributed by atoms with E-state index in [0.717, 1.165) is 11.3 Å². The average Bonchev–Trinajstić information content (AvgIpc) is 3.20. The van der Waals surface area contributed by atoms with E-state index in [0.29, 0.717) is 17.0 Å². The molecular formula is C22H23N3O5. The van der Waals surface area contributed by atoms with Gasteiger partial charge in [0.25, 0.3) is 5.69 Å². The molecule has 1 atom stereocenters. The summed E-state index contributed by atoms with van der Waals surface area (Å²) in [6.07, 6.45) is 3.38. The Kier molecular flexibility index (Phi) is 6.36. The fourth-order valence-corrected chi connectivity index (χ4v) is 3.19. The van der Waals surface area contributed by atoms with Gasteiger partial charge in [0.1, 0.15) is 5.75 Å². The highest BCUT2D eigenvalue weighted by Crippen LogP contribution is 2.35. The minimum absolute atomic E-state index is 0.00781. The standard InChI is InChI=1S/C22H23N3O5/c1-4-30-22(26)12-15(2)24-21(16-8-10-19(29-3)11-9-16)14-20(23-24)17-6-5-7-18(13-17)25(27)28/h5-14,21,23H,4H2,1-3H3/b15-12+/t21-/m0/s1. The molecule has 1 aliphatic heterocycles. The van der Waals surface area contributed by atoms with Gasteiger partial charge in [-0.1, -0.05) is 24.3 Å². The normalized spacial score (nSPS) is 16.0. The van der Waals surface area contributed by atoms with E-state index < -0.39 is 10.9 Å². The number of carbonyl (C=O) groups is 1. The van der Waals surface area contributed by atoms with E-state index in [2.05, 4.69) is 5.43 Å². The van der Waals surface area contributed by atoms with Gasteiger partial charge in [0.05, 0.1) is 30.4 Å². The first-order valence-electron chi connectivity index (χ1n) is 9.44. The van der Waals surface area contributed by atoms with Crippen LogP contribution in [0.4, 0.5) is 5.69 Å². The highest BCUT2D eigenvalue weighted by molar-refractivity contribution is 5.82. The number of nitrogens with zero attached hydrogens (tertiary/aromatic N) is 2. The predicted octanol–water partition coefficient (Wildman–Crippen LogP) is 3.97. The number of carbonyl (C=O) groups excluding carboxylic acids is 1. The van der Waals surface area contributed by atoms with Crippen molar-refractivity contribution in [2.75, 3.05) is 13.7 Å². The maximum absolute atomic E-state index is 11.9. The molecule has 2 aromatic carbocycles. The lowest BCUT2D eigenvalue weighted by molar-refractivity contribution is -0.384. The quantitative estimate of drug-likeness (QED) is 0.320. The Bertz CT molecular complexity index is 998. The number of hydrogen-bond donors (Lipinski definition) is 1. The number of hydrazine groups is 1. The monoisotopic (exact) mass is 409 g/mol. The van der Waals surface area contributed by atoms with Crippen molar-refractivity contribution in [2.45, 2.75) is 19.9 Å². The number of benzene rings is 2. The largest absolute Gasteiger partial charge is 0.497 e. The molecule has 2 aromatic rings. The summed E-state index contributed by atoms with van der Waals surface area (Å²) in [4.78, 5) is 22.7. The van der Waals surface area contributed by atoms with Crippen molar-refractivity contribution in [3.05, 3.63) is 87.6 Å². The van der Waals surface area contributed by atoms with Crippen LogP contribution in [-0.2, 0) is 9.53 Å². The maximum Gasteiger partial charge on any atom is 0.332 e. The van der Waals surface area contributed by atoms with Gasteiger partial charge in [-0.15, -0.1) is 0 Å². The van der Waals surface area contributed by atoms with Crippen molar-refractivity contribution in [1.29, 1.82) is 0 Å². The van der Waals surface area contributed by atoms with Crippen LogP contribution in [0, 0.1) is 10.1 Å². The third-order valence-electron chi connectivity index (χ3n) is 4.66. The second-order valence-corrected chi connectivity index (χ2v) is 6.63. The molecule has 156 valence electrons. The lowest BCUT2D eigenvalue weighted by Crippen LogP contribution is -2.32. The number of hydrogen-bond acceptors (Lipinski definition) is 7. The number of ether oxygens (including phenoxy) is 2. The SMILES string of the molecule is CCOC(=O)/C=C(\C)N1NC(c2cccc([N+](=O)[O-])c2)=C[C@H]1c1ccc(OC)cc1. The van der Waals surface area contributed by atoms with Gasteiger partial charge < -0.3 is 9.47 Å². The van der Waals surface area contributed by atoms with Gasteiger partial charge in [0.2, 0.25) is 0 Å². The second kappa shape index (κ2) is 9.13. The van der Waals surface area contributed by atoms with E-state index in [1.807, 2.05) is 35.4 Å². The first kappa shape index (κ1) is 20.9. The Labute approximate surface area is 174 Å². The van der Waals surface area contributed by atoms with E-state index in [-0.39, 0.29) is 18.3 Å². The molecule has 0 saturated carbocycles. The van der Waals surface area contributed by atoms with Crippen LogP contribution in [0.5, 0.6) is 5.75 Å². The molecule has 0 spiro atoms. The molecule has 0 fully saturated rings. The Morgan fingerprint density at radius 2 is 2.00 bits per heavy atom. The maximum atomic E-state index is 11.9. The molecule has 0 aromatic heterocycles. The fourth-order valence-electron chi connectivity index (χ4n) is 3.19. The highest BCUT2D eigenvalue weighted by atomic mass is 16.6. The van der Waals surface area contributed by atoms with Crippen LogP contribution in [-0.4, -0.2) is 29.6 Å². The Balaban J connectivity index is 1.98. The van der Waals surface area contributed by atoms with E-state index >= 15 is 0 Å². The van der Waals surface area contributed by atoms with Crippen LogP contribution in [0.3, 0.4) is 0 Å². The number of nitro groups is 1. The fraction of sp³-hybridized carbons (Fsp3) is 0.227. The number of esters is 1. The van der Waals surface area contributed by atoms with Crippen LogP contribution < -0.4 is 10.2 Å². The summed E-state index contributed by atoms with van der Waals surface area (Å²) in [6.45, 7) is 3.83. The predicted molar refractivity (Wildman–Crippen MR) is 112 cm³/mol. The number of nitrogens with one attached hydrogen (secondary N) is 1. The van der Waals surface area contributed by atoms with E-state index in [4.69, 9.17) is 9.47 Å². The van der Waals surface area contributed by atoms with Crippen molar-refractivity contribution in [3.8, 4) is 5.75 Å². The van der Waals surface area contributed by atoms with E-state index in [1.54, 1.807) is 33.1 Å². The lowest BCUT2D eigenvalue weighted by atomic mass is 10.0. The molecule has 0 bridgehead atoms. The van der Waals surface area contributed by atoms with Crippen molar-refractivity contribution >= 4 is 17.4 Å². The molecule has 0 unspecified atom stereocenters. The number of allylic oxidation sites excluding steroid dienone is 1. The van der Waals surface area contributed by atoms with Crippen molar-refractivity contribution in [3.63, 3.8) is 0 Å². The zero-order chi connectivity index (χ0) is 21.7. The summed E-state index contributed by atoms with van der Waals surface area (Å²) in [5, 5.41) is 13.0. The molecule has 1 heterocycles. The molecular weight excluding hydrogens is 386 g/mol. The van der Waals surface area contributed by atoms with Crippen LogP contribution in [0.2, 0.25) is 0 Å². The van der Waals surface area contributed by atoms with Gasteiger partial charge in [0, 0.05) is 29.5 Å². The second-order valence-electron chi connectivity index (χ2n) is 6.63. The number of nitro benzene ring substituents is 1. The molecule has 8 nitrogen and oxygen atoms in total. The zero-order valence-corrected chi connectivity index (χ0v) is 17.0. The summed E-state index contributed by atoms with van der Waals surface area (Å²) in [6, 6.07) is 13.7.